The van der Waals surface area contributed by atoms with E-state index in [0.717, 1.165) is 48.0 Å². The Morgan fingerprint density at radius 2 is 2.19 bits per heavy atom. The molecule has 31 heavy (non-hydrogen) atoms. The first kappa shape index (κ1) is 22.3. The molecule has 3 heterocycles. The molecule has 1 atom stereocenters. The van der Waals surface area contributed by atoms with E-state index in [9.17, 15) is 4.79 Å². The number of nitrogens with one attached hydrogen (secondary N) is 1. The molecular formula is C22H25ClN4O2S2. The number of carbonyl (C=O) groups excluding carboxylic acids is 1. The van der Waals surface area contributed by atoms with Gasteiger partial charge in [0.1, 0.15) is 0 Å². The number of benzene rings is 1. The lowest BCUT2D eigenvalue weighted by Gasteiger charge is -2.14. The van der Waals surface area contributed by atoms with Gasteiger partial charge in [-0.25, -0.2) is 0 Å². The van der Waals surface area contributed by atoms with Crippen molar-refractivity contribution in [2.45, 2.75) is 50.5 Å². The summed E-state index contributed by atoms with van der Waals surface area (Å²) in [6.07, 6.45) is 3.28. The van der Waals surface area contributed by atoms with Gasteiger partial charge in [-0.1, -0.05) is 42.4 Å². The number of ether oxygens (including phenoxy) is 1. The van der Waals surface area contributed by atoms with Crippen LogP contribution in [0, 0.1) is 0 Å². The zero-order valence-electron chi connectivity index (χ0n) is 17.3. The summed E-state index contributed by atoms with van der Waals surface area (Å²) in [7, 11) is 0. The highest BCUT2D eigenvalue weighted by Crippen LogP contribution is 2.29. The summed E-state index contributed by atoms with van der Waals surface area (Å²) >= 11 is 9.05. The third kappa shape index (κ3) is 5.88. The van der Waals surface area contributed by atoms with Crippen LogP contribution in [0.5, 0.6) is 0 Å². The van der Waals surface area contributed by atoms with Crippen molar-refractivity contribution in [3.63, 3.8) is 0 Å². The number of aryl methyl sites for hydroxylation is 1. The number of thioether (sulfide) groups is 1. The molecule has 1 aliphatic rings. The van der Waals surface area contributed by atoms with E-state index in [-0.39, 0.29) is 17.8 Å². The summed E-state index contributed by atoms with van der Waals surface area (Å²) in [5.41, 5.74) is 2.09. The largest absolute Gasteiger partial charge is 0.376 e. The summed E-state index contributed by atoms with van der Waals surface area (Å²) in [4.78, 5) is 13.7. The quantitative estimate of drug-likeness (QED) is 0.449. The lowest BCUT2D eigenvalue weighted by molar-refractivity contribution is -0.118. The second-order valence-electron chi connectivity index (χ2n) is 7.40. The number of carbonyl (C=O) groups is 1. The summed E-state index contributed by atoms with van der Waals surface area (Å²) in [5.74, 6) is 1.08. The maximum absolute atomic E-state index is 12.4. The van der Waals surface area contributed by atoms with Crippen LogP contribution in [-0.2, 0) is 29.0 Å². The average molecular weight is 477 g/mol. The molecule has 1 aliphatic heterocycles. The highest BCUT2D eigenvalue weighted by molar-refractivity contribution is 7.99. The van der Waals surface area contributed by atoms with Crippen LogP contribution in [0.1, 0.15) is 30.2 Å². The van der Waals surface area contributed by atoms with Crippen molar-refractivity contribution in [1.82, 2.24) is 20.1 Å². The number of nitrogens with zero attached hydrogens (tertiary/aromatic N) is 3. The monoisotopic (exact) mass is 476 g/mol. The van der Waals surface area contributed by atoms with E-state index >= 15 is 0 Å². The molecule has 0 saturated carbocycles. The van der Waals surface area contributed by atoms with Crippen LogP contribution in [0.2, 0.25) is 5.02 Å². The number of aromatic nitrogens is 3. The van der Waals surface area contributed by atoms with E-state index < -0.39 is 0 Å². The van der Waals surface area contributed by atoms with Crippen molar-refractivity contribution in [3.05, 3.63) is 51.2 Å². The standard InChI is InChI=1S/C22H25ClN4O2S2/c1-2-19-10-16(13-30-19)21-25-26-22(27(21)12-18-4-3-9-29-18)31-14-20(28)24-11-15-5-7-17(23)8-6-15/h5-8,10,13,18H,2-4,9,11-12,14H2,1H3,(H,24,28). The first-order chi connectivity index (χ1) is 15.1. The molecule has 164 valence electrons. The average Bonchev–Trinajstić information content (AvgIpc) is 3.53. The zero-order chi connectivity index (χ0) is 21.6. The number of amides is 1. The van der Waals surface area contributed by atoms with Crippen LogP contribution >= 0.6 is 34.7 Å². The summed E-state index contributed by atoms with van der Waals surface area (Å²) < 4.78 is 7.95. The molecule has 0 bridgehead atoms. The Kier molecular flexibility index (Phi) is 7.66. The van der Waals surface area contributed by atoms with E-state index in [2.05, 4.69) is 38.5 Å². The number of hydrogen-bond donors (Lipinski definition) is 1. The molecule has 4 rings (SSSR count). The minimum atomic E-state index is -0.0445. The predicted molar refractivity (Wildman–Crippen MR) is 126 cm³/mol. The number of halogens is 1. The molecule has 1 aromatic carbocycles. The Balaban J connectivity index is 1.42. The van der Waals surface area contributed by atoms with Crippen LogP contribution in [0.3, 0.4) is 0 Å². The van der Waals surface area contributed by atoms with Gasteiger partial charge in [0.05, 0.1) is 18.4 Å². The third-order valence-electron chi connectivity index (χ3n) is 5.12. The minimum Gasteiger partial charge on any atom is -0.376 e. The van der Waals surface area contributed by atoms with Crippen LogP contribution in [0.25, 0.3) is 11.4 Å². The second-order valence-corrected chi connectivity index (χ2v) is 9.77. The van der Waals surface area contributed by atoms with Crippen LogP contribution in [-0.4, -0.2) is 39.1 Å². The first-order valence-corrected chi connectivity index (χ1v) is 12.6. The van der Waals surface area contributed by atoms with Crippen molar-refractivity contribution in [2.75, 3.05) is 12.4 Å². The summed E-state index contributed by atoms with van der Waals surface area (Å²) in [6.45, 7) is 4.13. The highest BCUT2D eigenvalue weighted by atomic mass is 35.5. The maximum Gasteiger partial charge on any atom is 0.230 e. The number of hydrogen-bond acceptors (Lipinski definition) is 6. The molecule has 0 aliphatic carbocycles. The molecule has 1 saturated heterocycles. The Bertz CT molecular complexity index is 1010. The Morgan fingerprint density at radius 3 is 2.90 bits per heavy atom. The molecule has 3 aromatic rings. The summed E-state index contributed by atoms with van der Waals surface area (Å²) in [6, 6.07) is 9.63. The third-order valence-corrected chi connectivity index (χ3v) is 7.42. The van der Waals surface area contributed by atoms with E-state index in [1.165, 1.54) is 16.6 Å². The molecule has 1 unspecified atom stereocenters. The molecule has 1 amide bonds. The van der Waals surface area contributed by atoms with Gasteiger partial charge in [0.15, 0.2) is 11.0 Å². The second kappa shape index (κ2) is 10.6. The number of rotatable bonds is 9. The zero-order valence-corrected chi connectivity index (χ0v) is 19.7. The van der Waals surface area contributed by atoms with Gasteiger partial charge in [-0.15, -0.1) is 21.5 Å². The van der Waals surface area contributed by atoms with Crippen molar-refractivity contribution >= 4 is 40.6 Å². The van der Waals surface area contributed by atoms with Gasteiger partial charge in [0, 0.05) is 34.0 Å². The normalized spacial score (nSPS) is 16.0. The van der Waals surface area contributed by atoms with Crippen molar-refractivity contribution < 1.29 is 9.53 Å². The fourth-order valence-electron chi connectivity index (χ4n) is 3.43. The van der Waals surface area contributed by atoms with Crippen molar-refractivity contribution in [3.8, 4) is 11.4 Å². The van der Waals surface area contributed by atoms with Crippen molar-refractivity contribution in [1.29, 1.82) is 0 Å². The van der Waals surface area contributed by atoms with Crippen LogP contribution in [0.4, 0.5) is 0 Å². The van der Waals surface area contributed by atoms with E-state index in [1.54, 1.807) is 11.3 Å². The van der Waals surface area contributed by atoms with Gasteiger partial charge in [0.25, 0.3) is 0 Å². The van der Waals surface area contributed by atoms with Gasteiger partial charge in [-0.05, 0) is 43.0 Å². The molecule has 9 heteroatoms. The van der Waals surface area contributed by atoms with E-state index in [1.807, 2.05) is 24.3 Å². The van der Waals surface area contributed by atoms with Gasteiger partial charge in [0.2, 0.25) is 5.91 Å². The van der Waals surface area contributed by atoms with E-state index in [4.69, 9.17) is 16.3 Å². The van der Waals surface area contributed by atoms with Gasteiger partial charge < -0.3 is 10.1 Å². The molecule has 6 nitrogen and oxygen atoms in total. The van der Waals surface area contributed by atoms with Gasteiger partial charge >= 0.3 is 0 Å². The Morgan fingerprint density at radius 1 is 1.35 bits per heavy atom. The molecular weight excluding hydrogens is 452 g/mol. The molecule has 2 aromatic heterocycles. The summed E-state index contributed by atoms with van der Waals surface area (Å²) in [5, 5.41) is 15.4. The van der Waals surface area contributed by atoms with E-state index in [0.29, 0.717) is 18.1 Å². The van der Waals surface area contributed by atoms with Crippen LogP contribution < -0.4 is 5.32 Å². The smallest absolute Gasteiger partial charge is 0.230 e. The maximum atomic E-state index is 12.4. The molecule has 0 spiro atoms. The SMILES string of the molecule is CCc1cc(-c2nnc(SCC(=O)NCc3ccc(Cl)cc3)n2CC2CCCO2)cs1. The fraction of sp³-hybridized carbons (Fsp3) is 0.409. The Labute approximate surface area is 195 Å². The molecule has 1 fully saturated rings. The minimum absolute atomic E-state index is 0.0445. The lowest BCUT2D eigenvalue weighted by Crippen LogP contribution is -2.25. The predicted octanol–water partition coefficient (Wildman–Crippen LogP) is 4.81. The topological polar surface area (TPSA) is 69.0 Å². The lowest BCUT2D eigenvalue weighted by atomic mass is 10.2. The number of thiophene rings is 1. The molecule has 0 radical (unpaired) electrons. The van der Waals surface area contributed by atoms with Crippen molar-refractivity contribution in [2.24, 2.45) is 0 Å². The first-order valence-electron chi connectivity index (χ1n) is 10.4. The Hall–Kier alpha value is -1.87. The molecule has 1 N–H and O–H groups in total. The van der Waals surface area contributed by atoms with Crippen LogP contribution in [0.15, 0.2) is 40.9 Å². The highest BCUT2D eigenvalue weighted by Gasteiger charge is 2.22. The fourth-order valence-corrected chi connectivity index (χ4v) is 5.15. The van der Waals surface area contributed by atoms with Gasteiger partial charge in [-0.2, -0.15) is 0 Å². The van der Waals surface area contributed by atoms with Gasteiger partial charge in [-0.3, -0.25) is 9.36 Å².